The van der Waals surface area contributed by atoms with Gasteiger partial charge in [0.1, 0.15) is 12.4 Å². The average molecular weight is 335 g/mol. The van der Waals surface area contributed by atoms with Crippen molar-refractivity contribution in [3.63, 3.8) is 0 Å². The lowest BCUT2D eigenvalue weighted by Crippen LogP contribution is -2.32. The minimum Gasteiger partial charge on any atom is -0.489 e. The van der Waals surface area contributed by atoms with E-state index in [9.17, 15) is 4.79 Å². The highest BCUT2D eigenvalue weighted by Crippen LogP contribution is 2.29. The van der Waals surface area contributed by atoms with Crippen LogP contribution in [0, 0.1) is 0 Å². The molecule has 0 saturated carbocycles. The zero-order valence-corrected chi connectivity index (χ0v) is 13.4. The fraction of sp³-hybridized carbons (Fsp3) is 0.500. The van der Waals surface area contributed by atoms with E-state index in [1.807, 2.05) is 0 Å². The lowest BCUT2D eigenvalue weighted by Gasteiger charge is -2.16. The van der Waals surface area contributed by atoms with E-state index in [1.165, 1.54) is 0 Å². The van der Waals surface area contributed by atoms with Crippen molar-refractivity contribution in [2.24, 2.45) is 5.73 Å². The van der Waals surface area contributed by atoms with Crippen LogP contribution in [0.4, 0.5) is 5.69 Å². The molecule has 7 heteroatoms. The maximum Gasteiger partial charge on any atom is 0.241 e. The quantitative estimate of drug-likeness (QED) is 0.867. The van der Waals surface area contributed by atoms with Crippen LogP contribution < -0.4 is 15.8 Å². The first-order chi connectivity index (χ1) is 9.56. The third kappa shape index (κ3) is 5.36. The highest BCUT2D eigenvalue weighted by molar-refractivity contribution is 6.31. The predicted octanol–water partition coefficient (Wildman–Crippen LogP) is 2.61. The summed E-state index contributed by atoms with van der Waals surface area (Å²) in [6, 6.07) is 4.49. The van der Waals surface area contributed by atoms with E-state index in [0.29, 0.717) is 23.1 Å². The molecular weight excluding hydrogens is 315 g/mol. The first-order valence-electron chi connectivity index (χ1n) is 6.66. The van der Waals surface area contributed by atoms with Crippen LogP contribution in [0.2, 0.25) is 5.02 Å². The molecule has 1 aliphatic rings. The summed E-state index contributed by atoms with van der Waals surface area (Å²) in [7, 11) is 0. The topological polar surface area (TPSA) is 73.6 Å². The molecule has 0 spiro atoms. The number of carbonyl (C=O) groups is 1. The number of benzene rings is 1. The average Bonchev–Trinajstić information content (AvgIpc) is 2.90. The summed E-state index contributed by atoms with van der Waals surface area (Å²) < 4.78 is 11.2. The summed E-state index contributed by atoms with van der Waals surface area (Å²) in [4.78, 5) is 11.7. The van der Waals surface area contributed by atoms with Crippen molar-refractivity contribution in [2.75, 3.05) is 18.5 Å². The number of ether oxygens (including phenoxy) is 2. The number of amides is 1. The van der Waals surface area contributed by atoms with Gasteiger partial charge in [0.2, 0.25) is 5.91 Å². The van der Waals surface area contributed by atoms with Gasteiger partial charge in [-0.05, 0) is 38.0 Å². The minimum atomic E-state index is -0.597. The highest BCUT2D eigenvalue weighted by Gasteiger charge is 2.18. The van der Waals surface area contributed by atoms with Crippen molar-refractivity contribution in [1.29, 1.82) is 0 Å². The van der Waals surface area contributed by atoms with Crippen LogP contribution in [0.1, 0.15) is 19.8 Å². The molecular formula is C14H20Cl2N2O3. The molecule has 3 N–H and O–H groups in total. The Labute approximate surface area is 135 Å². The molecule has 0 aromatic heterocycles. The van der Waals surface area contributed by atoms with Crippen LogP contribution in [0.3, 0.4) is 0 Å². The fourth-order valence-corrected chi connectivity index (χ4v) is 2.10. The summed E-state index contributed by atoms with van der Waals surface area (Å²) >= 11 is 5.94. The van der Waals surface area contributed by atoms with Gasteiger partial charge in [-0.2, -0.15) is 0 Å². The van der Waals surface area contributed by atoms with Gasteiger partial charge in [0.05, 0.1) is 17.8 Å². The zero-order chi connectivity index (χ0) is 14.5. The second kappa shape index (κ2) is 8.44. The molecule has 1 fully saturated rings. The van der Waals surface area contributed by atoms with Gasteiger partial charge in [-0.15, -0.1) is 12.4 Å². The summed E-state index contributed by atoms with van der Waals surface area (Å²) in [5.41, 5.74) is 6.07. The molecule has 1 aliphatic heterocycles. The van der Waals surface area contributed by atoms with Gasteiger partial charge in [0.15, 0.2) is 0 Å². The molecule has 1 saturated heterocycles. The van der Waals surface area contributed by atoms with E-state index >= 15 is 0 Å². The van der Waals surface area contributed by atoms with Crippen LogP contribution in [0.5, 0.6) is 5.75 Å². The lowest BCUT2D eigenvalue weighted by molar-refractivity contribution is -0.117. The zero-order valence-electron chi connectivity index (χ0n) is 11.8. The van der Waals surface area contributed by atoms with Crippen molar-refractivity contribution in [3.8, 4) is 5.75 Å². The Morgan fingerprint density at radius 2 is 2.38 bits per heavy atom. The highest BCUT2D eigenvalue weighted by atomic mass is 35.5. The summed E-state index contributed by atoms with van der Waals surface area (Å²) in [5, 5.41) is 3.23. The third-order valence-corrected chi connectivity index (χ3v) is 3.30. The van der Waals surface area contributed by atoms with Gasteiger partial charge in [-0.1, -0.05) is 11.6 Å². The van der Waals surface area contributed by atoms with Crippen molar-refractivity contribution in [2.45, 2.75) is 31.9 Å². The molecule has 21 heavy (non-hydrogen) atoms. The molecule has 1 heterocycles. The Hall–Kier alpha value is -1.01. The minimum absolute atomic E-state index is 0. The Morgan fingerprint density at radius 1 is 1.62 bits per heavy atom. The second-order valence-corrected chi connectivity index (χ2v) is 5.30. The molecule has 0 radical (unpaired) electrons. The number of hydrogen-bond acceptors (Lipinski definition) is 4. The first-order valence-corrected chi connectivity index (χ1v) is 7.04. The summed E-state index contributed by atoms with van der Waals surface area (Å²) in [6.45, 7) is 2.86. The molecule has 1 amide bonds. The molecule has 2 atom stereocenters. The SMILES string of the molecule is C[C@H](N)C(=O)Nc1cc(Cl)ccc1OCC1CCCO1.Cl. The standard InChI is InChI=1S/C14H19ClN2O3.ClH/c1-9(16)14(18)17-12-7-10(15)4-5-13(12)20-8-11-3-2-6-19-11;/h4-5,7,9,11H,2-3,6,8,16H2,1H3,(H,17,18);1H/t9-,11?;/m0./s1. The maximum absolute atomic E-state index is 11.7. The number of nitrogens with one attached hydrogen (secondary N) is 1. The van der Waals surface area contributed by atoms with Crippen molar-refractivity contribution in [3.05, 3.63) is 23.2 Å². The normalized spacial score (nSPS) is 18.7. The number of carbonyl (C=O) groups excluding carboxylic acids is 1. The molecule has 1 aromatic carbocycles. The lowest BCUT2D eigenvalue weighted by atomic mass is 10.2. The van der Waals surface area contributed by atoms with Crippen molar-refractivity contribution in [1.82, 2.24) is 0 Å². The van der Waals surface area contributed by atoms with E-state index in [1.54, 1.807) is 25.1 Å². The van der Waals surface area contributed by atoms with Crippen molar-refractivity contribution >= 4 is 35.6 Å². The van der Waals surface area contributed by atoms with E-state index < -0.39 is 6.04 Å². The van der Waals surface area contributed by atoms with E-state index in [0.717, 1.165) is 19.4 Å². The van der Waals surface area contributed by atoms with Gasteiger partial charge in [-0.25, -0.2) is 0 Å². The maximum atomic E-state index is 11.7. The van der Waals surface area contributed by atoms with Gasteiger partial charge < -0.3 is 20.5 Å². The smallest absolute Gasteiger partial charge is 0.241 e. The van der Waals surface area contributed by atoms with Crippen LogP contribution in [0.25, 0.3) is 0 Å². The number of anilines is 1. The molecule has 5 nitrogen and oxygen atoms in total. The second-order valence-electron chi connectivity index (χ2n) is 4.86. The Morgan fingerprint density at radius 3 is 3.00 bits per heavy atom. The summed E-state index contributed by atoms with van der Waals surface area (Å²) in [6.07, 6.45) is 2.17. The number of hydrogen-bond donors (Lipinski definition) is 2. The van der Waals surface area contributed by atoms with E-state index in [4.69, 9.17) is 26.8 Å². The van der Waals surface area contributed by atoms with Crippen LogP contribution in [-0.4, -0.2) is 31.3 Å². The van der Waals surface area contributed by atoms with Gasteiger partial charge in [0.25, 0.3) is 0 Å². The molecule has 2 rings (SSSR count). The Balaban J connectivity index is 0.00000220. The van der Waals surface area contributed by atoms with Crippen molar-refractivity contribution < 1.29 is 14.3 Å². The third-order valence-electron chi connectivity index (χ3n) is 3.06. The Kier molecular flexibility index (Phi) is 7.25. The fourth-order valence-electron chi connectivity index (χ4n) is 1.93. The number of nitrogens with two attached hydrogens (primary N) is 1. The molecule has 1 unspecified atom stereocenters. The number of rotatable bonds is 5. The van der Waals surface area contributed by atoms with Crippen LogP contribution in [0.15, 0.2) is 18.2 Å². The Bertz CT molecular complexity index is 477. The van der Waals surface area contributed by atoms with E-state index in [-0.39, 0.29) is 24.4 Å². The van der Waals surface area contributed by atoms with Crippen LogP contribution >= 0.6 is 24.0 Å². The number of halogens is 2. The van der Waals surface area contributed by atoms with Gasteiger partial charge >= 0.3 is 0 Å². The van der Waals surface area contributed by atoms with Gasteiger partial charge in [0, 0.05) is 11.6 Å². The van der Waals surface area contributed by atoms with Gasteiger partial charge in [-0.3, -0.25) is 4.79 Å². The first kappa shape index (κ1) is 18.0. The molecule has 0 aliphatic carbocycles. The molecule has 0 bridgehead atoms. The predicted molar refractivity (Wildman–Crippen MR) is 85.4 cm³/mol. The molecule has 118 valence electrons. The largest absolute Gasteiger partial charge is 0.489 e. The van der Waals surface area contributed by atoms with E-state index in [2.05, 4.69) is 5.32 Å². The molecule has 1 aromatic rings. The van der Waals surface area contributed by atoms with Crippen LogP contribution in [-0.2, 0) is 9.53 Å². The summed E-state index contributed by atoms with van der Waals surface area (Å²) in [5.74, 6) is 0.285. The monoisotopic (exact) mass is 334 g/mol.